The maximum Gasteiger partial charge on any atom is 0.377 e. The first kappa shape index (κ1) is 17.8. The SMILES string of the molecule is O=C(O)C(=O)c1ccccc1.O=C(c1ccccc1)c1ccccc1. The van der Waals surface area contributed by atoms with Crippen LogP contribution in [0.3, 0.4) is 0 Å². The largest absolute Gasteiger partial charge is 0.475 e. The van der Waals surface area contributed by atoms with Gasteiger partial charge in [0.2, 0.25) is 0 Å². The van der Waals surface area contributed by atoms with E-state index in [4.69, 9.17) is 5.11 Å². The van der Waals surface area contributed by atoms with Gasteiger partial charge in [0.25, 0.3) is 5.78 Å². The molecule has 25 heavy (non-hydrogen) atoms. The van der Waals surface area contributed by atoms with Crippen molar-refractivity contribution in [1.29, 1.82) is 0 Å². The predicted molar refractivity (Wildman–Crippen MR) is 94.7 cm³/mol. The number of hydrogen-bond acceptors (Lipinski definition) is 3. The molecule has 0 unspecified atom stereocenters. The molecule has 0 atom stereocenters. The van der Waals surface area contributed by atoms with Crippen molar-refractivity contribution in [2.75, 3.05) is 0 Å². The minimum Gasteiger partial charge on any atom is -0.475 e. The molecule has 3 aromatic rings. The second-order valence-corrected chi connectivity index (χ2v) is 5.06. The summed E-state index contributed by atoms with van der Waals surface area (Å²) in [5.41, 5.74) is 1.68. The van der Waals surface area contributed by atoms with Crippen LogP contribution >= 0.6 is 0 Å². The smallest absolute Gasteiger partial charge is 0.377 e. The third-order valence-corrected chi connectivity index (χ3v) is 3.30. The molecular formula is C21H16O4. The lowest BCUT2D eigenvalue weighted by Gasteiger charge is -1.99. The topological polar surface area (TPSA) is 71.4 Å². The summed E-state index contributed by atoms with van der Waals surface area (Å²) in [4.78, 5) is 32.7. The fourth-order valence-electron chi connectivity index (χ4n) is 2.06. The lowest BCUT2D eigenvalue weighted by molar-refractivity contribution is -0.131. The van der Waals surface area contributed by atoms with Crippen molar-refractivity contribution in [2.24, 2.45) is 0 Å². The van der Waals surface area contributed by atoms with Crippen molar-refractivity contribution in [3.05, 3.63) is 108 Å². The van der Waals surface area contributed by atoms with Gasteiger partial charge in [0.15, 0.2) is 5.78 Å². The summed E-state index contributed by atoms with van der Waals surface area (Å²) in [5.74, 6) is -2.21. The number of carbonyl (C=O) groups excluding carboxylic acids is 2. The zero-order valence-electron chi connectivity index (χ0n) is 13.3. The average Bonchev–Trinajstić information content (AvgIpc) is 2.69. The molecule has 0 bridgehead atoms. The number of aliphatic carboxylic acids is 1. The van der Waals surface area contributed by atoms with Crippen LogP contribution in [0, 0.1) is 0 Å². The molecule has 0 spiro atoms. The number of rotatable bonds is 4. The van der Waals surface area contributed by atoms with Crippen molar-refractivity contribution in [3.8, 4) is 0 Å². The molecule has 0 aliphatic carbocycles. The van der Waals surface area contributed by atoms with E-state index in [1.54, 1.807) is 18.2 Å². The summed E-state index contributed by atoms with van der Waals surface area (Å²) in [6.45, 7) is 0. The predicted octanol–water partition coefficient (Wildman–Crippen LogP) is 3.87. The molecule has 0 aliphatic rings. The summed E-state index contributed by atoms with van der Waals surface area (Å²) in [6.07, 6.45) is 0. The quantitative estimate of drug-likeness (QED) is 0.581. The third-order valence-electron chi connectivity index (χ3n) is 3.30. The first-order valence-electron chi connectivity index (χ1n) is 7.57. The van der Waals surface area contributed by atoms with Gasteiger partial charge in [-0.1, -0.05) is 91.0 Å². The first-order valence-corrected chi connectivity index (χ1v) is 7.57. The van der Waals surface area contributed by atoms with Crippen molar-refractivity contribution in [1.82, 2.24) is 0 Å². The van der Waals surface area contributed by atoms with Gasteiger partial charge >= 0.3 is 5.97 Å². The normalized spacial score (nSPS) is 9.44. The summed E-state index contributed by atoms with van der Waals surface area (Å²) in [6, 6.07) is 26.5. The Morgan fingerprint density at radius 1 is 0.520 bits per heavy atom. The van der Waals surface area contributed by atoms with E-state index in [2.05, 4.69) is 0 Å². The minimum absolute atomic E-state index is 0.0752. The van der Waals surface area contributed by atoms with Crippen LogP contribution in [0.1, 0.15) is 26.3 Å². The number of carbonyl (C=O) groups is 3. The molecule has 0 amide bonds. The first-order chi connectivity index (χ1) is 12.1. The Labute approximate surface area is 145 Å². The summed E-state index contributed by atoms with van der Waals surface area (Å²) >= 11 is 0. The van der Waals surface area contributed by atoms with Gasteiger partial charge in [-0.2, -0.15) is 0 Å². The molecule has 4 heteroatoms. The minimum atomic E-state index is -1.42. The van der Waals surface area contributed by atoms with Crippen molar-refractivity contribution in [3.63, 3.8) is 0 Å². The maximum atomic E-state index is 11.8. The van der Waals surface area contributed by atoms with E-state index >= 15 is 0 Å². The zero-order chi connectivity index (χ0) is 18.1. The van der Waals surface area contributed by atoms with Gasteiger partial charge in [-0.05, 0) is 0 Å². The van der Waals surface area contributed by atoms with Gasteiger partial charge in [-0.15, -0.1) is 0 Å². The molecule has 0 aromatic heterocycles. The fraction of sp³-hybridized carbons (Fsp3) is 0. The average molecular weight is 332 g/mol. The third kappa shape index (κ3) is 5.25. The number of ketones is 2. The van der Waals surface area contributed by atoms with E-state index in [1.807, 2.05) is 60.7 Å². The van der Waals surface area contributed by atoms with Crippen LogP contribution in [-0.2, 0) is 4.79 Å². The highest BCUT2D eigenvalue weighted by molar-refractivity contribution is 6.39. The number of Topliss-reactive ketones (excluding diaryl/α,β-unsaturated/α-hetero) is 1. The van der Waals surface area contributed by atoms with Crippen LogP contribution in [0.2, 0.25) is 0 Å². The fourth-order valence-corrected chi connectivity index (χ4v) is 2.06. The molecular weight excluding hydrogens is 316 g/mol. The summed E-state index contributed by atoms with van der Waals surface area (Å²) in [5, 5.41) is 8.29. The van der Waals surface area contributed by atoms with Gasteiger partial charge in [0.05, 0.1) is 0 Å². The van der Waals surface area contributed by atoms with E-state index in [0.717, 1.165) is 11.1 Å². The molecule has 0 saturated carbocycles. The lowest BCUT2D eigenvalue weighted by atomic mass is 10.0. The van der Waals surface area contributed by atoms with Crippen LogP contribution in [0.25, 0.3) is 0 Å². The summed E-state index contributed by atoms with van der Waals surface area (Å²) in [7, 11) is 0. The van der Waals surface area contributed by atoms with Gasteiger partial charge in [0, 0.05) is 16.7 Å². The Bertz CT molecular complexity index is 799. The van der Waals surface area contributed by atoms with Crippen LogP contribution in [-0.4, -0.2) is 22.6 Å². The van der Waals surface area contributed by atoms with E-state index in [-0.39, 0.29) is 11.3 Å². The molecule has 0 aliphatic heterocycles. The molecule has 3 rings (SSSR count). The van der Waals surface area contributed by atoms with Gasteiger partial charge in [-0.3, -0.25) is 9.59 Å². The molecule has 124 valence electrons. The molecule has 0 heterocycles. The Hall–Kier alpha value is -3.53. The van der Waals surface area contributed by atoms with E-state index < -0.39 is 11.8 Å². The number of hydrogen-bond donors (Lipinski definition) is 1. The van der Waals surface area contributed by atoms with Crippen LogP contribution < -0.4 is 0 Å². The standard InChI is InChI=1S/C13H10O.C8H6O3/c14-13(11-7-3-1-4-8-11)12-9-5-2-6-10-12;9-7(8(10)11)6-4-2-1-3-5-6/h1-10H;1-5H,(H,10,11). The highest BCUT2D eigenvalue weighted by Gasteiger charge is 2.12. The Balaban J connectivity index is 0.000000186. The van der Waals surface area contributed by atoms with Crippen molar-refractivity contribution in [2.45, 2.75) is 0 Å². The number of benzene rings is 3. The van der Waals surface area contributed by atoms with Gasteiger partial charge in [0.1, 0.15) is 0 Å². The number of carboxylic acids is 1. The molecule has 3 aromatic carbocycles. The highest BCUT2D eigenvalue weighted by Crippen LogP contribution is 2.08. The monoisotopic (exact) mass is 332 g/mol. The van der Waals surface area contributed by atoms with Gasteiger partial charge in [-0.25, -0.2) is 4.79 Å². The number of carboxylic acid groups (broad SMARTS) is 1. The second-order valence-electron chi connectivity index (χ2n) is 5.06. The van der Waals surface area contributed by atoms with E-state index in [0.29, 0.717) is 0 Å². The maximum absolute atomic E-state index is 11.8. The lowest BCUT2D eigenvalue weighted by Crippen LogP contribution is -2.12. The van der Waals surface area contributed by atoms with Gasteiger partial charge < -0.3 is 5.11 Å². The summed E-state index contributed by atoms with van der Waals surface area (Å²) < 4.78 is 0. The van der Waals surface area contributed by atoms with Crippen LogP contribution in [0.5, 0.6) is 0 Å². The molecule has 0 radical (unpaired) electrons. The zero-order valence-corrected chi connectivity index (χ0v) is 13.3. The van der Waals surface area contributed by atoms with Crippen molar-refractivity contribution < 1.29 is 19.5 Å². The highest BCUT2D eigenvalue weighted by atomic mass is 16.4. The Morgan fingerprint density at radius 3 is 1.16 bits per heavy atom. The van der Waals surface area contributed by atoms with E-state index in [9.17, 15) is 14.4 Å². The molecule has 0 saturated heterocycles. The van der Waals surface area contributed by atoms with Crippen LogP contribution in [0.15, 0.2) is 91.0 Å². The molecule has 4 nitrogen and oxygen atoms in total. The molecule has 0 fully saturated rings. The Morgan fingerprint density at radius 2 is 0.840 bits per heavy atom. The van der Waals surface area contributed by atoms with E-state index in [1.165, 1.54) is 12.1 Å². The second kappa shape index (κ2) is 8.93. The Kier molecular flexibility index (Phi) is 6.37. The molecule has 1 N–H and O–H groups in total. The van der Waals surface area contributed by atoms with Crippen LogP contribution in [0.4, 0.5) is 0 Å². The van der Waals surface area contributed by atoms with Crippen molar-refractivity contribution >= 4 is 17.5 Å².